The molecule has 0 aliphatic rings. The van der Waals surface area contributed by atoms with Gasteiger partial charge in [0, 0.05) is 31.1 Å². The third-order valence-corrected chi connectivity index (χ3v) is 2.82. The lowest BCUT2D eigenvalue weighted by molar-refractivity contribution is 0.0528. The Labute approximate surface area is 127 Å². The fraction of sp³-hybridized carbons (Fsp3) is 0.733. The largest absolute Gasteiger partial charge is 0.461 e. The van der Waals surface area contributed by atoms with Crippen LogP contribution in [0.5, 0.6) is 6.01 Å². The van der Waals surface area contributed by atoms with Gasteiger partial charge in [-0.3, -0.25) is 0 Å². The fourth-order valence-corrected chi connectivity index (χ4v) is 1.65. The molecule has 0 fully saturated rings. The highest BCUT2D eigenvalue weighted by molar-refractivity contribution is 5.17. The van der Waals surface area contributed by atoms with Crippen molar-refractivity contribution < 1.29 is 14.2 Å². The van der Waals surface area contributed by atoms with Crippen molar-refractivity contribution in [3.63, 3.8) is 0 Å². The summed E-state index contributed by atoms with van der Waals surface area (Å²) >= 11 is 0. The summed E-state index contributed by atoms with van der Waals surface area (Å²) in [5, 5.41) is 3.38. The highest BCUT2D eigenvalue weighted by Crippen LogP contribution is 2.08. The van der Waals surface area contributed by atoms with Crippen molar-refractivity contribution in [1.82, 2.24) is 15.3 Å². The van der Waals surface area contributed by atoms with Crippen LogP contribution in [0.2, 0.25) is 0 Å². The van der Waals surface area contributed by atoms with Crippen LogP contribution in [0, 0.1) is 12.8 Å². The molecule has 0 aliphatic heterocycles. The Hall–Kier alpha value is -1.24. The number of rotatable bonds is 11. The van der Waals surface area contributed by atoms with E-state index in [-0.39, 0.29) is 0 Å². The summed E-state index contributed by atoms with van der Waals surface area (Å²) in [7, 11) is 1.65. The van der Waals surface area contributed by atoms with E-state index in [0.717, 1.165) is 24.3 Å². The minimum Gasteiger partial charge on any atom is -0.461 e. The van der Waals surface area contributed by atoms with Crippen molar-refractivity contribution in [2.75, 3.05) is 40.1 Å². The van der Waals surface area contributed by atoms with Crippen molar-refractivity contribution in [1.29, 1.82) is 0 Å². The van der Waals surface area contributed by atoms with Crippen LogP contribution in [0.3, 0.4) is 0 Å². The van der Waals surface area contributed by atoms with Crippen LogP contribution in [-0.4, -0.2) is 50.1 Å². The standard InChI is InChI=1S/C15H27N3O3/c1-12(2)9-16-10-14-11-17-15(18-13(14)3)21-8-7-20-6-5-19-4/h11-12,16H,5-10H2,1-4H3. The van der Waals surface area contributed by atoms with E-state index in [4.69, 9.17) is 14.2 Å². The van der Waals surface area contributed by atoms with Gasteiger partial charge in [-0.2, -0.15) is 0 Å². The number of methoxy groups -OCH3 is 1. The van der Waals surface area contributed by atoms with Gasteiger partial charge < -0.3 is 19.5 Å². The number of aryl methyl sites for hydroxylation is 1. The van der Waals surface area contributed by atoms with Gasteiger partial charge in [0.05, 0.1) is 19.8 Å². The fourth-order valence-electron chi connectivity index (χ4n) is 1.65. The van der Waals surface area contributed by atoms with Crippen molar-refractivity contribution in [3.8, 4) is 6.01 Å². The van der Waals surface area contributed by atoms with Crippen LogP contribution in [0.1, 0.15) is 25.1 Å². The van der Waals surface area contributed by atoms with E-state index in [2.05, 4.69) is 29.1 Å². The van der Waals surface area contributed by atoms with Gasteiger partial charge >= 0.3 is 6.01 Å². The topological polar surface area (TPSA) is 65.5 Å². The van der Waals surface area contributed by atoms with Gasteiger partial charge in [0.1, 0.15) is 6.61 Å². The van der Waals surface area contributed by atoms with Gasteiger partial charge in [-0.05, 0) is 19.4 Å². The first-order valence-corrected chi connectivity index (χ1v) is 7.36. The zero-order chi connectivity index (χ0) is 15.5. The molecule has 0 unspecified atom stereocenters. The van der Waals surface area contributed by atoms with Crippen molar-refractivity contribution in [2.45, 2.75) is 27.3 Å². The van der Waals surface area contributed by atoms with E-state index in [9.17, 15) is 0 Å². The maximum absolute atomic E-state index is 5.46. The van der Waals surface area contributed by atoms with Crippen molar-refractivity contribution in [2.24, 2.45) is 5.92 Å². The maximum atomic E-state index is 5.46. The zero-order valence-electron chi connectivity index (χ0n) is 13.5. The Kier molecular flexibility index (Phi) is 8.89. The molecule has 0 aliphatic carbocycles. The molecule has 0 spiro atoms. The Morgan fingerprint density at radius 2 is 1.95 bits per heavy atom. The summed E-state index contributed by atoms with van der Waals surface area (Å²) in [5.74, 6) is 0.631. The molecule has 120 valence electrons. The molecule has 0 radical (unpaired) electrons. The van der Waals surface area contributed by atoms with E-state index in [1.165, 1.54) is 0 Å². The first kappa shape index (κ1) is 17.8. The minimum atomic E-state index is 0.399. The predicted octanol–water partition coefficient (Wildman–Crippen LogP) is 1.57. The van der Waals surface area contributed by atoms with Gasteiger partial charge in [0.15, 0.2) is 0 Å². The number of hydrogen-bond acceptors (Lipinski definition) is 6. The Bertz CT molecular complexity index is 400. The summed E-state index contributed by atoms with van der Waals surface area (Å²) in [6, 6.07) is 0.399. The molecule has 6 nitrogen and oxygen atoms in total. The van der Waals surface area contributed by atoms with Crippen LogP contribution < -0.4 is 10.1 Å². The van der Waals surface area contributed by atoms with Crippen LogP contribution in [-0.2, 0) is 16.0 Å². The van der Waals surface area contributed by atoms with Gasteiger partial charge in [0.25, 0.3) is 0 Å². The second-order valence-electron chi connectivity index (χ2n) is 5.24. The van der Waals surface area contributed by atoms with Crippen molar-refractivity contribution in [3.05, 3.63) is 17.5 Å². The van der Waals surface area contributed by atoms with Crippen LogP contribution in [0.15, 0.2) is 6.20 Å². The average Bonchev–Trinajstić information content (AvgIpc) is 2.44. The van der Waals surface area contributed by atoms with E-state index >= 15 is 0 Å². The van der Waals surface area contributed by atoms with Gasteiger partial charge in [0.2, 0.25) is 0 Å². The quantitative estimate of drug-likeness (QED) is 0.626. The predicted molar refractivity (Wildman–Crippen MR) is 81.5 cm³/mol. The van der Waals surface area contributed by atoms with E-state index in [1.807, 2.05) is 13.1 Å². The average molecular weight is 297 g/mol. The highest BCUT2D eigenvalue weighted by atomic mass is 16.5. The molecular formula is C15H27N3O3. The van der Waals surface area contributed by atoms with E-state index in [1.54, 1.807) is 7.11 Å². The number of nitrogens with zero attached hydrogens (tertiary/aromatic N) is 2. The molecule has 0 saturated heterocycles. The smallest absolute Gasteiger partial charge is 0.316 e. The normalized spacial score (nSPS) is 11.1. The molecule has 1 heterocycles. The molecule has 1 N–H and O–H groups in total. The summed E-state index contributed by atoms with van der Waals surface area (Å²) < 4.78 is 15.7. The molecule has 0 saturated carbocycles. The lowest BCUT2D eigenvalue weighted by Gasteiger charge is -2.10. The Morgan fingerprint density at radius 3 is 2.62 bits per heavy atom. The first-order valence-electron chi connectivity index (χ1n) is 7.36. The number of hydrogen-bond donors (Lipinski definition) is 1. The van der Waals surface area contributed by atoms with Crippen LogP contribution >= 0.6 is 0 Å². The molecule has 0 aromatic carbocycles. The molecule has 0 atom stereocenters. The minimum absolute atomic E-state index is 0.399. The Balaban J connectivity index is 2.29. The molecule has 0 amide bonds. The molecule has 21 heavy (non-hydrogen) atoms. The first-order chi connectivity index (χ1) is 10.1. The summed E-state index contributed by atoms with van der Waals surface area (Å²) in [6.07, 6.45) is 1.82. The monoisotopic (exact) mass is 297 g/mol. The van der Waals surface area contributed by atoms with E-state index < -0.39 is 0 Å². The molecule has 1 rings (SSSR count). The van der Waals surface area contributed by atoms with Crippen molar-refractivity contribution >= 4 is 0 Å². The lowest BCUT2D eigenvalue weighted by atomic mass is 10.2. The summed E-state index contributed by atoms with van der Waals surface area (Å²) in [4.78, 5) is 8.57. The van der Waals surface area contributed by atoms with Crippen LogP contribution in [0.25, 0.3) is 0 Å². The summed E-state index contributed by atoms with van der Waals surface area (Å²) in [6.45, 7) is 10.2. The molecule has 6 heteroatoms. The zero-order valence-corrected chi connectivity index (χ0v) is 13.5. The third-order valence-electron chi connectivity index (χ3n) is 2.82. The number of aromatic nitrogens is 2. The molecule has 1 aromatic rings. The molecule has 0 bridgehead atoms. The number of ether oxygens (including phenoxy) is 3. The third kappa shape index (κ3) is 7.94. The second kappa shape index (κ2) is 10.5. The van der Waals surface area contributed by atoms with Crippen LogP contribution in [0.4, 0.5) is 0 Å². The van der Waals surface area contributed by atoms with Gasteiger partial charge in [-0.1, -0.05) is 13.8 Å². The lowest BCUT2D eigenvalue weighted by Crippen LogP contribution is -2.20. The second-order valence-corrected chi connectivity index (χ2v) is 5.24. The molecular weight excluding hydrogens is 270 g/mol. The molecule has 1 aromatic heterocycles. The Morgan fingerprint density at radius 1 is 1.19 bits per heavy atom. The van der Waals surface area contributed by atoms with E-state index in [0.29, 0.717) is 38.4 Å². The van der Waals surface area contributed by atoms with Gasteiger partial charge in [-0.25, -0.2) is 9.97 Å². The summed E-state index contributed by atoms with van der Waals surface area (Å²) in [5.41, 5.74) is 2.04. The maximum Gasteiger partial charge on any atom is 0.316 e. The number of nitrogens with one attached hydrogen (secondary N) is 1. The SMILES string of the molecule is COCCOCCOc1ncc(CNCC(C)C)c(C)n1. The highest BCUT2D eigenvalue weighted by Gasteiger charge is 2.04. The van der Waals surface area contributed by atoms with Gasteiger partial charge in [-0.15, -0.1) is 0 Å².